The van der Waals surface area contributed by atoms with Crippen molar-refractivity contribution in [2.75, 3.05) is 25.5 Å². The molecule has 1 aliphatic heterocycles. The van der Waals surface area contributed by atoms with Crippen LogP contribution in [0.3, 0.4) is 0 Å². The highest BCUT2D eigenvalue weighted by atomic mass is 16.6. The van der Waals surface area contributed by atoms with Gasteiger partial charge in [0.15, 0.2) is 11.5 Å². The fraction of sp³-hybridized carbons (Fsp3) is 0.387. The smallest absolute Gasteiger partial charge is 0.410 e. The highest BCUT2D eigenvalue weighted by Gasteiger charge is 2.32. The highest BCUT2D eigenvalue weighted by Crippen LogP contribution is 2.35. The number of anilines is 1. The van der Waals surface area contributed by atoms with Crippen LogP contribution in [0.2, 0.25) is 0 Å². The summed E-state index contributed by atoms with van der Waals surface area (Å²) in [5.41, 5.74) is 2.39. The van der Waals surface area contributed by atoms with Crippen LogP contribution >= 0.6 is 0 Å². The van der Waals surface area contributed by atoms with Gasteiger partial charge in [0.05, 0.1) is 19.7 Å². The van der Waals surface area contributed by atoms with Crippen molar-refractivity contribution in [1.82, 2.24) is 19.7 Å². The summed E-state index contributed by atoms with van der Waals surface area (Å²) in [5, 5.41) is 9.24. The summed E-state index contributed by atoms with van der Waals surface area (Å²) in [5.74, 6) is 2.86. The molecule has 2 aromatic carbocycles. The molecule has 0 bridgehead atoms. The number of aromatic nitrogens is 3. The number of benzene rings is 2. The van der Waals surface area contributed by atoms with Crippen LogP contribution in [-0.2, 0) is 11.3 Å². The first kappa shape index (κ1) is 27.3. The quantitative estimate of drug-likeness (QED) is 0.275. The number of amides is 1. The fourth-order valence-corrected chi connectivity index (χ4v) is 4.85. The SMILES string of the molecule is COc1ccc(Cn2nc(NC[C@@H]3CCCN3C(=O)OC(C)(C)C)c3c(Oc4ccc(C)cc4)ccnc32)cc1. The predicted octanol–water partition coefficient (Wildman–Crippen LogP) is 6.40. The molecule has 0 aliphatic carbocycles. The predicted molar refractivity (Wildman–Crippen MR) is 155 cm³/mol. The molecule has 210 valence electrons. The molecule has 1 atom stereocenters. The molecule has 5 rings (SSSR count). The van der Waals surface area contributed by atoms with Crippen LogP contribution in [-0.4, -0.2) is 57.6 Å². The van der Waals surface area contributed by atoms with Gasteiger partial charge in [-0.05, 0) is 70.4 Å². The minimum absolute atomic E-state index is 0.00484. The Morgan fingerprint density at radius 2 is 1.77 bits per heavy atom. The molecule has 9 heteroatoms. The Morgan fingerprint density at radius 1 is 1.05 bits per heavy atom. The number of carbonyl (C=O) groups is 1. The molecule has 1 fully saturated rings. The average molecular weight is 544 g/mol. The van der Waals surface area contributed by atoms with Crippen molar-refractivity contribution >= 4 is 22.9 Å². The van der Waals surface area contributed by atoms with E-state index >= 15 is 0 Å². The number of rotatable bonds is 8. The second kappa shape index (κ2) is 11.5. The van der Waals surface area contributed by atoms with Gasteiger partial charge in [-0.1, -0.05) is 29.8 Å². The molecule has 2 aromatic heterocycles. The molecule has 1 N–H and O–H groups in total. The van der Waals surface area contributed by atoms with Crippen LogP contribution in [0, 0.1) is 6.92 Å². The van der Waals surface area contributed by atoms with E-state index in [1.807, 2.05) is 91.9 Å². The third-order valence-corrected chi connectivity index (χ3v) is 6.85. The number of fused-ring (bicyclic) bond motifs is 1. The molecule has 0 unspecified atom stereocenters. The molecule has 4 aromatic rings. The Morgan fingerprint density at radius 3 is 2.48 bits per heavy atom. The summed E-state index contributed by atoms with van der Waals surface area (Å²) in [7, 11) is 1.65. The first-order valence-corrected chi connectivity index (χ1v) is 13.7. The number of methoxy groups -OCH3 is 1. The maximum absolute atomic E-state index is 12.8. The molecular formula is C31H37N5O4. The number of carbonyl (C=O) groups excluding carboxylic acids is 1. The molecule has 1 aliphatic rings. The highest BCUT2D eigenvalue weighted by molar-refractivity contribution is 5.93. The second-order valence-corrected chi connectivity index (χ2v) is 11.1. The zero-order chi connectivity index (χ0) is 28.3. The first-order valence-electron chi connectivity index (χ1n) is 13.7. The maximum Gasteiger partial charge on any atom is 0.410 e. The van der Waals surface area contributed by atoms with Crippen LogP contribution in [0.25, 0.3) is 11.0 Å². The van der Waals surface area contributed by atoms with Gasteiger partial charge < -0.3 is 24.4 Å². The van der Waals surface area contributed by atoms with Gasteiger partial charge in [0.1, 0.15) is 28.2 Å². The molecule has 3 heterocycles. The summed E-state index contributed by atoms with van der Waals surface area (Å²) in [6.45, 7) is 9.44. The molecule has 40 heavy (non-hydrogen) atoms. The van der Waals surface area contributed by atoms with Gasteiger partial charge in [0, 0.05) is 25.4 Å². The number of nitrogens with one attached hydrogen (secondary N) is 1. The van der Waals surface area contributed by atoms with Gasteiger partial charge in [0.25, 0.3) is 0 Å². The zero-order valence-corrected chi connectivity index (χ0v) is 23.8. The topological polar surface area (TPSA) is 90.7 Å². The Labute approximate surface area is 235 Å². The van der Waals surface area contributed by atoms with E-state index in [9.17, 15) is 4.79 Å². The summed E-state index contributed by atoms with van der Waals surface area (Å²) >= 11 is 0. The number of aryl methyl sites for hydroxylation is 1. The number of ether oxygens (including phenoxy) is 3. The molecule has 0 radical (unpaired) electrons. The minimum Gasteiger partial charge on any atom is -0.497 e. The van der Waals surface area contributed by atoms with E-state index in [4.69, 9.17) is 19.3 Å². The lowest BCUT2D eigenvalue weighted by Gasteiger charge is -2.28. The molecular weight excluding hydrogens is 506 g/mol. The van der Waals surface area contributed by atoms with E-state index in [0.29, 0.717) is 36.8 Å². The lowest BCUT2D eigenvalue weighted by molar-refractivity contribution is 0.0235. The summed E-state index contributed by atoms with van der Waals surface area (Å²) in [6.07, 6.45) is 3.28. The second-order valence-electron chi connectivity index (χ2n) is 11.1. The first-order chi connectivity index (χ1) is 19.2. The van der Waals surface area contributed by atoms with Crippen molar-refractivity contribution in [3.8, 4) is 17.2 Å². The van der Waals surface area contributed by atoms with Crippen LogP contribution in [0.5, 0.6) is 17.2 Å². The standard InChI is InChI=1S/C31H37N5O4/c1-21-8-12-25(13-9-21)39-26-16-17-32-29-27(26)28(34-36(29)20-22-10-14-24(38-5)15-11-22)33-19-23-7-6-18-35(23)30(37)40-31(2,3)4/h8-17,23H,6-7,18-20H2,1-5H3,(H,33,34)/t23-/m0/s1. The van der Waals surface area contributed by atoms with Gasteiger partial charge in [-0.25, -0.2) is 14.5 Å². The Bertz CT molecular complexity index is 1460. The normalized spacial score (nSPS) is 15.3. The van der Waals surface area contributed by atoms with Crippen molar-refractivity contribution in [3.05, 3.63) is 71.9 Å². The van der Waals surface area contributed by atoms with Crippen molar-refractivity contribution in [1.29, 1.82) is 0 Å². The third-order valence-electron chi connectivity index (χ3n) is 6.85. The number of pyridine rings is 1. The monoisotopic (exact) mass is 543 g/mol. The van der Waals surface area contributed by atoms with Crippen LogP contribution in [0.4, 0.5) is 10.6 Å². The molecule has 1 amide bonds. The van der Waals surface area contributed by atoms with Crippen LogP contribution in [0.15, 0.2) is 60.8 Å². The zero-order valence-electron chi connectivity index (χ0n) is 23.8. The third kappa shape index (κ3) is 6.30. The van der Waals surface area contributed by atoms with E-state index in [2.05, 4.69) is 10.3 Å². The number of nitrogens with zero attached hydrogens (tertiary/aromatic N) is 4. The van der Waals surface area contributed by atoms with E-state index in [1.54, 1.807) is 13.3 Å². The number of hydrogen-bond donors (Lipinski definition) is 1. The van der Waals surface area contributed by atoms with E-state index in [1.165, 1.54) is 0 Å². The van der Waals surface area contributed by atoms with Crippen molar-refractivity contribution in [2.24, 2.45) is 0 Å². The van der Waals surface area contributed by atoms with E-state index in [-0.39, 0.29) is 12.1 Å². The summed E-state index contributed by atoms with van der Waals surface area (Å²) in [6, 6.07) is 17.7. The summed E-state index contributed by atoms with van der Waals surface area (Å²) < 4.78 is 19.2. The lowest BCUT2D eigenvalue weighted by atomic mass is 10.2. The van der Waals surface area contributed by atoms with Crippen LogP contribution < -0.4 is 14.8 Å². The molecule has 9 nitrogen and oxygen atoms in total. The van der Waals surface area contributed by atoms with Crippen molar-refractivity contribution in [2.45, 2.75) is 58.7 Å². The molecule has 1 saturated heterocycles. The van der Waals surface area contributed by atoms with Crippen molar-refractivity contribution in [3.63, 3.8) is 0 Å². The van der Waals surface area contributed by atoms with Gasteiger partial charge >= 0.3 is 6.09 Å². The van der Waals surface area contributed by atoms with Crippen LogP contribution in [0.1, 0.15) is 44.7 Å². The van der Waals surface area contributed by atoms with E-state index in [0.717, 1.165) is 40.9 Å². The maximum atomic E-state index is 12.8. The minimum atomic E-state index is -0.540. The molecule has 0 spiro atoms. The Hall–Kier alpha value is -4.27. The van der Waals surface area contributed by atoms with E-state index < -0.39 is 5.60 Å². The lowest BCUT2D eigenvalue weighted by Crippen LogP contribution is -2.42. The fourth-order valence-electron chi connectivity index (χ4n) is 4.85. The number of likely N-dealkylation sites (tertiary alicyclic amines) is 1. The van der Waals surface area contributed by atoms with Gasteiger partial charge in [-0.2, -0.15) is 5.10 Å². The average Bonchev–Trinajstić information content (AvgIpc) is 3.54. The molecule has 0 saturated carbocycles. The largest absolute Gasteiger partial charge is 0.497 e. The number of hydrogen-bond acceptors (Lipinski definition) is 7. The van der Waals surface area contributed by atoms with Gasteiger partial charge in [0.2, 0.25) is 0 Å². The van der Waals surface area contributed by atoms with Gasteiger partial charge in [-0.15, -0.1) is 0 Å². The Balaban J connectivity index is 1.45. The summed E-state index contributed by atoms with van der Waals surface area (Å²) in [4.78, 5) is 19.3. The Kier molecular flexibility index (Phi) is 7.82. The van der Waals surface area contributed by atoms with Gasteiger partial charge in [-0.3, -0.25) is 0 Å². The van der Waals surface area contributed by atoms with Crippen molar-refractivity contribution < 1.29 is 19.0 Å².